The number of carbonyl (C=O) groups is 1. The first-order chi connectivity index (χ1) is 14.1. The second-order valence-electron chi connectivity index (χ2n) is 7.53. The zero-order chi connectivity index (χ0) is 20.2. The van der Waals surface area contributed by atoms with Crippen molar-refractivity contribution in [2.75, 3.05) is 5.32 Å². The Morgan fingerprint density at radius 3 is 2.45 bits per heavy atom. The highest BCUT2D eigenvalue weighted by Crippen LogP contribution is 2.33. The number of benzene rings is 2. The van der Waals surface area contributed by atoms with Crippen molar-refractivity contribution in [3.05, 3.63) is 95.3 Å². The fraction of sp³-hybridized carbons (Fsp3) is 0.250. The third-order valence-electron chi connectivity index (χ3n) is 5.42. The van der Waals surface area contributed by atoms with Crippen molar-refractivity contribution in [2.45, 2.75) is 38.8 Å². The number of aryl methyl sites for hydroxylation is 1. The summed E-state index contributed by atoms with van der Waals surface area (Å²) in [4.78, 5) is 12.3. The number of urea groups is 1. The topological polar surface area (TPSA) is 59.0 Å². The van der Waals surface area contributed by atoms with Gasteiger partial charge in [-0.3, -0.25) is 4.68 Å². The van der Waals surface area contributed by atoms with Crippen LogP contribution in [0.4, 0.5) is 10.5 Å². The van der Waals surface area contributed by atoms with Gasteiger partial charge in [-0.25, -0.2) is 4.79 Å². The van der Waals surface area contributed by atoms with Crippen molar-refractivity contribution >= 4 is 11.7 Å². The molecule has 29 heavy (non-hydrogen) atoms. The zero-order valence-electron chi connectivity index (χ0n) is 16.8. The molecule has 0 bridgehead atoms. The molecule has 0 saturated carbocycles. The summed E-state index contributed by atoms with van der Waals surface area (Å²) in [6.45, 7) is 4.97. The standard InChI is InChI=1S/C24H26N4O/c1-17-23(18(2)28(27-17)16-19-9-5-3-6-10-19)20-13-14-22(15-20)26-24(29)25-21-11-7-4-8-12-21/h3-14,20,22H,15-16H2,1-2H3,(H2,25,26,29). The molecule has 2 unspecified atom stereocenters. The van der Waals surface area contributed by atoms with Crippen molar-refractivity contribution in [2.24, 2.45) is 0 Å². The van der Waals surface area contributed by atoms with Gasteiger partial charge in [0.15, 0.2) is 0 Å². The zero-order valence-corrected chi connectivity index (χ0v) is 16.8. The van der Waals surface area contributed by atoms with Gasteiger partial charge in [-0.05, 0) is 38.0 Å². The number of rotatable bonds is 5. The van der Waals surface area contributed by atoms with Crippen LogP contribution in [0.25, 0.3) is 0 Å². The number of hydrogen-bond donors (Lipinski definition) is 2. The lowest BCUT2D eigenvalue weighted by molar-refractivity contribution is 0.250. The molecule has 0 saturated heterocycles. The minimum Gasteiger partial charge on any atom is -0.332 e. The van der Waals surface area contributed by atoms with E-state index in [1.54, 1.807) is 0 Å². The van der Waals surface area contributed by atoms with E-state index in [1.165, 1.54) is 16.8 Å². The minimum atomic E-state index is -0.181. The summed E-state index contributed by atoms with van der Waals surface area (Å²) in [5.41, 5.74) is 5.55. The molecule has 0 aliphatic heterocycles. The van der Waals surface area contributed by atoms with Crippen LogP contribution >= 0.6 is 0 Å². The van der Waals surface area contributed by atoms with Crippen molar-refractivity contribution in [1.82, 2.24) is 15.1 Å². The smallest absolute Gasteiger partial charge is 0.319 e. The lowest BCUT2D eigenvalue weighted by Crippen LogP contribution is -2.36. The molecule has 148 valence electrons. The van der Waals surface area contributed by atoms with Crippen LogP contribution in [0, 0.1) is 13.8 Å². The third-order valence-corrected chi connectivity index (χ3v) is 5.42. The largest absolute Gasteiger partial charge is 0.332 e. The number of nitrogens with one attached hydrogen (secondary N) is 2. The summed E-state index contributed by atoms with van der Waals surface area (Å²) in [7, 11) is 0. The molecule has 3 aromatic rings. The number of hydrogen-bond acceptors (Lipinski definition) is 2. The predicted octanol–water partition coefficient (Wildman–Crippen LogP) is 4.78. The summed E-state index contributed by atoms with van der Waals surface area (Å²) in [5, 5.41) is 10.7. The lowest BCUT2D eigenvalue weighted by Gasteiger charge is -2.15. The molecule has 0 fully saturated rings. The molecule has 4 rings (SSSR count). The van der Waals surface area contributed by atoms with Gasteiger partial charge in [0.05, 0.1) is 12.2 Å². The summed E-state index contributed by atoms with van der Waals surface area (Å²) < 4.78 is 2.08. The van der Waals surface area contributed by atoms with E-state index in [9.17, 15) is 4.79 Å². The maximum Gasteiger partial charge on any atom is 0.319 e. The van der Waals surface area contributed by atoms with E-state index in [2.05, 4.69) is 65.6 Å². The van der Waals surface area contributed by atoms with Crippen LogP contribution in [0.15, 0.2) is 72.8 Å². The summed E-state index contributed by atoms with van der Waals surface area (Å²) in [6, 6.07) is 19.7. The van der Waals surface area contributed by atoms with E-state index in [-0.39, 0.29) is 18.0 Å². The van der Waals surface area contributed by atoms with Crippen LogP contribution in [-0.4, -0.2) is 21.9 Å². The Morgan fingerprint density at radius 2 is 1.72 bits per heavy atom. The maximum atomic E-state index is 12.3. The molecule has 1 heterocycles. The molecular formula is C24H26N4O. The van der Waals surface area contributed by atoms with Crippen molar-refractivity contribution in [3.63, 3.8) is 0 Å². The van der Waals surface area contributed by atoms with Crippen molar-refractivity contribution in [1.29, 1.82) is 0 Å². The second-order valence-corrected chi connectivity index (χ2v) is 7.53. The number of allylic oxidation sites excluding steroid dienone is 1. The predicted molar refractivity (Wildman–Crippen MR) is 116 cm³/mol. The van der Waals surface area contributed by atoms with Crippen LogP contribution in [0.1, 0.15) is 34.9 Å². The average molecular weight is 386 g/mol. The molecule has 2 amide bonds. The molecule has 2 N–H and O–H groups in total. The Balaban J connectivity index is 1.40. The van der Waals surface area contributed by atoms with E-state index in [0.29, 0.717) is 0 Å². The molecule has 1 aromatic heterocycles. The Labute approximate surface area is 171 Å². The highest BCUT2D eigenvalue weighted by molar-refractivity contribution is 5.89. The van der Waals surface area contributed by atoms with E-state index in [0.717, 1.165) is 24.3 Å². The monoisotopic (exact) mass is 386 g/mol. The fourth-order valence-electron chi connectivity index (χ4n) is 4.03. The van der Waals surface area contributed by atoms with Crippen LogP contribution in [0.3, 0.4) is 0 Å². The molecule has 1 aliphatic rings. The summed E-state index contributed by atoms with van der Waals surface area (Å²) in [6.07, 6.45) is 5.13. The first-order valence-electron chi connectivity index (χ1n) is 9.99. The number of para-hydroxylation sites is 1. The SMILES string of the molecule is Cc1nn(Cc2ccccc2)c(C)c1C1C=CC(NC(=O)Nc2ccccc2)C1. The van der Waals surface area contributed by atoms with Crippen LogP contribution < -0.4 is 10.6 Å². The van der Waals surface area contributed by atoms with E-state index < -0.39 is 0 Å². The van der Waals surface area contributed by atoms with E-state index in [4.69, 9.17) is 5.10 Å². The van der Waals surface area contributed by atoms with Crippen molar-refractivity contribution < 1.29 is 4.79 Å². The van der Waals surface area contributed by atoms with Gasteiger partial charge in [0.1, 0.15) is 0 Å². The molecular weight excluding hydrogens is 360 g/mol. The molecule has 0 spiro atoms. The Morgan fingerprint density at radius 1 is 1.03 bits per heavy atom. The van der Waals surface area contributed by atoms with E-state index >= 15 is 0 Å². The number of carbonyl (C=O) groups excluding carboxylic acids is 1. The van der Waals surface area contributed by atoms with Crippen molar-refractivity contribution in [3.8, 4) is 0 Å². The minimum absolute atomic E-state index is 0.0139. The number of amides is 2. The van der Waals surface area contributed by atoms with Gasteiger partial charge < -0.3 is 10.6 Å². The Hall–Kier alpha value is -3.34. The molecule has 1 aliphatic carbocycles. The van der Waals surface area contributed by atoms with Gasteiger partial charge in [-0.2, -0.15) is 5.10 Å². The number of aromatic nitrogens is 2. The normalized spacial score (nSPS) is 18.0. The first kappa shape index (κ1) is 19.0. The number of anilines is 1. The van der Waals surface area contributed by atoms with Crippen LogP contribution in [-0.2, 0) is 6.54 Å². The third kappa shape index (κ3) is 4.40. The molecule has 0 radical (unpaired) electrons. The van der Waals surface area contributed by atoms with E-state index in [1.807, 2.05) is 36.4 Å². The molecule has 5 heteroatoms. The highest BCUT2D eigenvalue weighted by atomic mass is 16.2. The summed E-state index contributed by atoms with van der Waals surface area (Å²) >= 11 is 0. The average Bonchev–Trinajstić information content (AvgIpc) is 3.27. The maximum absolute atomic E-state index is 12.3. The quantitative estimate of drug-likeness (QED) is 0.620. The van der Waals surface area contributed by atoms with Gasteiger partial charge in [0.25, 0.3) is 0 Å². The molecule has 2 aromatic carbocycles. The fourth-order valence-corrected chi connectivity index (χ4v) is 4.03. The van der Waals surface area contributed by atoms with Gasteiger partial charge in [-0.1, -0.05) is 60.7 Å². The van der Waals surface area contributed by atoms with Gasteiger partial charge in [0.2, 0.25) is 0 Å². The molecule has 5 nitrogen and oxygen atoms in total. The Kier molecular flexibility index (Phi) is 5.47. The first-order valence-corrected chi connectivity index (χ1v) is 9.99. The van der Waals surface area contributed by atoms with Gasteiger partial charge >= 0.3 is 6.03 Å². The highest BCUT2D eigenvalue weighted by Gasteiger charge is 2.26. The van der Waals surface area contributed by atoms with Crippen LogP contribution in [0.5, 0.6) is 0 Å². The lowest BCUT2D eigenvalue weighted by atomic mass is 9.96. The van der Waals surface area contributed by atoms with Gasteiger partial charge in [0, 0.05) is 28.9 Å². The van der Waals surface area contributed by atoms with Crippen LogP contribution in [0.2, 0.25) is 0 Å². The second kappa shape index (κ2) is 8.35. The summed E-state index contributed by atoms with van der Waals surface area (Å²) in [5.74, 6) is 0.265. The number of nitrogens with zero attached hydrogens (tertiary/aromatic N) is 2. The molecule has 2 atom stereocenters. The Bertz CT molecular complexity index is 1010. The van der Waals surface area contributed by atoms with Gasteiger partial charge in [-0.15, -0.1) is 0 Å².